The molecular formula is C7H15NO. The fourth-order valence-electron chi connectivity index (χ4n) is 1.09. The van der Waals surface area contributed by atoms with Crippen molar-refractivity contribution in [2.75, 3.05) is 6.61 Å². The average molecular weight is 129 g/mol. The molecule has 2 N–H and O–H groups in total. The second-order valence-corrected chi connectivity index (χ2v) is 3.20. The minimum atomic E-state index is -0.0851. The first-order valence-electron chi connectivity index (χ1n) is 3.52. The predicted octanol–water partition coefficient (Wildman–Crippen LogP) is 0.903. The van der Waals surface area contributed by atoms with Crippen molar-refractivity contribution in [1.29, 1.82) is 0 Å². The molecule has 0 radical (unpaired) electrons. The van der Waals surface area contributed by atoms with Gasteiger partial charge in [0.15, 0.2) is 0 Å². The second-order valence-electron chi connectivity index (χ2n) is 3.20. The lowest BCUT2D eigenvalue weighted by Crippen LogP contribution is -2.48. The van der Waals surface area contributed by atoms with Crippen molar-refractivity contribution < 1.29 is 4.74 Å². The molecular weight excluding hydrogens is 114 g/mol. The van der Waals surface area contributed by atoms with E-state index in [1.807, 2.05) is 0 Å². The summed E-state index contributed by atoms with van der Waals surface area (Å²) in [6.45, 7) is 4.98. The Bertz CT molecular complexity index is 101. The maximum absolute atomic E-state index is 5.79. The van der Waals surface area contributed by atoms with Gasteiger partial charge in [0.05, 0.1) is 5.60 Å². The van der Waals surface area contributed by atoms with Gasteiger partial charge in [0.2, 0.25) is 0 Å². The van der Waals surface area contributed by atoms with Gasteiger partial charge in [-0.25, -0.2) is 0 Å². The van der Waals surface area contributed by atoms with Crippen LogP contribution in [0.5, 0.6) is 0 Å². The van der Waals surface area contributed by atoms with E-state index < -0.39 is 0 Å². The van der Waals surface area contributed by atoms with E-state index >= 15 is 0 Å². The summed E-state index contributed by atoms with van der Waals surface area (Å²) in [7, 11) is 0. The molecule has 1 heterocycles. The maximum atomic E-state index is 5.79. The molecule has 0 aromatic carbocycles. The molecule has 1 aliphatic heterocycles. The Morgan fingerprint density at radius 1 is 1.56 bits per heavy atom. The first-order chi connectivity index (χ1) is 4.13. The van der Waals surface area contributed by atoms with E-state index in [0.717, 1.165) is 19.4 Å². The predicted molar refractivity (Wildman–Crippen MR) is 37.2 cm³/mol. The highest BCUT2D eigenvalue weighted by molar-refractivity contribution is 4.85. The molecule has 0 amide bonds. The Labute approximate surface area is 56.4 Å². The van der Waals surface area contributed by atoms with Gasteiger partial charge in [0, 0.05) is 12.6 Å². The number of rotatable bonds is 0. The SMILES string of the molecule is CC1(C)OCCC[C@@H]1N. The first-order valence-corrected chi connectivity index (χ1v) is 3.52. The number of ether oxygens (including phenoxy) is 1. The lowest BCUT2D eigenvalue weighted by molar-refractivity contribution is -0.0653. The topological polar surface area (TPSA) is 35.2 Å². The van der Waals surface area contributed by atoms with Gasteiger partial charge in [0.25, 0.3) is 0 Å². The average Bonchev–Trinajstić information content (AvgIpc) is 1.77. The van der Waals surface area contributed by atoms with E-state index in [0.29, 0.717) is 0 Å². The van der Waals surface area contributed by atoms with Crippen LogP contribution in [-0.2, 0) is 4.74 Å². The van der Waals surface area contributed by atoms with Gasteiger partial charge in [-0.2, -0.15) is 0 Å². The third kappa shape index (κ3) is 1.43. The summed E-state index contributed by atoms with van der Waals surface area (Å²) in [5, 5.41) is 0. The summed E-state index contributed by atoms with van der Waals surface area (Å²) in [5.41, 5.74) is 5.70. The molecule has 2 heteroatoms. The smallest absolute Gasteiger partial charge is 0.0776 e. The highest BCUT2D eigenvalue weighted by Gasteiger charge is 2.29. The van der Waals surface area contributed by atoms with E-state index in [-0.39, 0.29) is 11.6 Å². The molecule has 9 heavy (non-hydrogen) atoms. The molecule has 2 nitrogen and oxygen atoms in total. The zero-order chi connectivity index (χ0) is 6.91. The second kappa shape index (κ2) is 2.27. The molecule has 0 spiro atoms. The Morgan fingerprint density at radius 3 is 2.56 bits per heavy atom. The van der Waals surface area contributed by atoms with Crippen molar-refractivity contribution in [1.82, 2.24) is 0 Å². The Kier molecular flexibility index (Phi) is 1.78. The van der Waals surface area contributed by atoms with Gasteiger partial charge in [-0.15, -0.1) is 0 Å². The van der Waals surface area contributed by atoms with Crippen molar-refractivity contribution in [3.8, 4) is 0 Å². The third-order valence-electron chi connectivity index (χ3n) is 2.03. The van der Waals surface area contributed by atoms with E-state index in [2.05, 4.69) is 13.8 Å². The van der Waals surface area contributed by atoms with Gasteiger partial charge < -0.3 is 10.5 Å². The van der Waals surface area contributed by atoms with E-state index in [4.69, 9.17) is 10.5 Å². The van der Waals surface area contributed by atoms with Crippen LogP contribution in [0.2, 0.25) is 0 Å². The van der Waals surface area contributed by atoms with E-state index in [9.17, 15) is 0 Å². The largest absolute Gasteiger partial charge is 0.374 e. The summed E-state index contributed by atoms with van der Waals surface area (Å²) >= 11 is 0. The van der Waals surface area contributed by atoms with Crippen molar-refractivity contribution in [2.45, 2.75) is 38.3 Å². The van der Waals surface area contributed by atoms with Crippen LogP contribution in [0, 0.1) is 0 Å². The molecule has 1 fully saturated rings. The van der Waals surface area contributed by atoms with E-state index in [1.54, 1.807) is 0 Å². The summed E-state index contributed by atoms with van der Waals surface area (Å²) in [6.07, 6.45) is 2.22. The van der Waals surface area contributed by atoms with Crippen LogP contribution in [0.1, 0.15) is 26.7 Å². The number of hydrogen-bond donors (Lipinski definition) is 1. The quantitative estimate of drug-likeness (QED) is 0.527. The molecule has 0 aliphatic carbocycles. The summed E-state index contributed by atoms with van der Waals surface area (Å²) in [4.78, 5) is 0. The lowest BCUT2D eigenvalue weighted by atomic mass is 9.93. The van der Waals surface area contributed by atoms with Crippen LogP contribution in [0.4, 0.5) is 0 Å². The van der Waals surface area contributed by atoms with Gasteiger partial charge in [-0.05, 0) is 26.7 Å². The summed E-state index contributed by atoms with van der Waals surface area (Å²) in [5.74, 6) is 0. The lowest BCUT2D eigenvalue weighted by Gasteiger charge is -2.35. The van der Waals surface area contributed by atoms with Crippen molar-refractivity contribution in [3.63, 3.8) is 0 Å². The normalized spacial score (nSPS) is 34.3. The fraction of sp³-hybridized carbons (Fsp3) is 1.00. The molecule has 54 valence electrons. The highest BCUT2D eigenvalue weighted by Crippen LogP contribution is 2.21. The van der Waals surface area contributed by atoms with Crippen LogP contribution in [-0.4, -0.2) is 18.2 Å². The number of nitrogens with two attached hydrogens (primary N) is 1. The Hall–Kier alpha value is -0.0800. The molecule has 0 bridgehead atoms. The standard InChI is InChI=1S/C7H15NO/c1-7(2)6(8)4-3-5-9-7/h6H,3-5,8H2,1-2H3/t6-/m0/s1. The summed E-state index contributed by atoms with van der Waals surface area (Å²) in [6, 6.07) is 0.228. The van der Waals surface area contributed by atoms with Crippen molar-refractivity contribution in [3.05, 3.63) is 0 Å². The van der Waals surface area contributed by atoms with Gasteiger partial charge in [-0.1, -0.05) is 0 Å². The molecule has 0 aromatic heterocycles. The zero-order valence-corrected chi connectivity index (χ0v) is 6.18. The third-order valence-corrected chi connectivity index (χ3v) is 2.03. The molecule has 0 aromatic rings. The van der Waals surface area contributed by atoms with E-state index in [1.165, 1.54) is 0 Å². The van der Waals surface area contributed by atoms with Crippen LogP contribution in [0.15, 0.2) is 0 Å². The monoisotopic (exact) mass is 129 g/mol. The first kappa shape index (κ1) is 7.03. The van der Waals surface area contributed by atoms with Crippen LogP contribution in [0.25, 0.3) is 0 Å². The fourth-order valence-corrected chi connectivity index (χ4v) is 1.09. The number of hydrogen-bond acceptors (Lipinski definition) is 2. The zero-order valence-electron chi connectivity index (χ0n) is 6.18. The highest BCUT2D eigenvalue weighted by atomic mass is 16.5. The van der Waals surface area contributed by atoms with Crippen LogP contribution in [0.3, 0.4) is 0 Å². The van der Waals surface area contributed by atoms with Crippen LogP contribution < -0.4 is 5.73 Å². The van der Waals surface area contributed by atoms with Gasteiger partial charge >= 0.3 is 0 Å². The molecule has 1 rings (SSSR count). The van der Waals surface area contributed by atoms with Gasteiger partial charge in [-0.3, -0.25) is 0 Å². The van der Waals surface area contributed by atoms with Gasteiger partial charge in [0.1, 0.15) is 0 Å². The molecule has 0 saturated carbocycles. The minimum absolute atomic E-state index is 0.0851. The Morgan fingerprint density at radius 2 is 2.22 bits per heavy atom. The Balaban J connectivity index is 2.49. The maximum Gasteiger partial charge on any atom is 0.0776 e. The van der Waals surface area contributed by atoms with Crippen molar-refractivity contribution in [2.24, 2.45) is 5.73 Å². The minimum Gasteiger partial charge on any atom is -0.374 e. The van der Waals surface area contributed by atoms with Crippen LogP contribution >= 0.6 is 0 Å². The molecule has 1 saturated heterocycles. The summed E-state index contributed by atoms with van der Waals surface area (Å²) < 4.78 is 5.45. The molecule has 1 atom stereocenters. The molecule has 0 unspecified atom stereocenters. The van der Waals surface area contributed by atoms with Crippen molar-refractivity contribution >= 4 is 0 Å². The molecule has 1 aliphatic rings.